The standard InChI is InChI=1S/C13H21N3OS/c1-10-9-11(14)6-7-12(10)18-8-4-2-3-5-13(17)16-15/h6-7,9H,2-5,8,14-15H2,1H3,(H,16,17). The molecule has 0 saturated heterocycles. The molecule has 5 heteroatoms. The van der Waals surface area contributed by atoms with Gasteiger partial charge in [0.15, 0.2) is 0 Å². The fourth-order valence-electron chi connectivity index (χ4n) is 1.65. The highest BCUT2D eigenvalue weighted by molar-refractivity contribution is 7.99. The molecule has 0 bridgehead atoms. The zero-order valence-electron chi connectivity index (χ0n) is 10.7. The molecule has 0 aliphatic rings. The SMILES string of the molecule is Cc1cc(N)ccc1SCCCCCC(=O)NN. The van der Waals surface area contributed by atoms with Crippen LogP contribution >= 0.6 is 11.8 Å². The number of rotatable bonds is 7. The van der Waals surface area contributed by atoms with Crippen LogP contribution in [0.3, 0.4) is 0 Å². The Balaban J connectivity index is 2.16. The molecule has 1 amide bonds. The maximum absolute atomic E-state index is 10.9. The Kier molecular flexibility index (Phi) is 6.60. The van der Waals surface area contributed by atoms with Gasteiger partial charge < -0.3 is 5.73 Å². The molecule has 1 rings (SSSR count). The first-order valence-corrected chi connectivity index (χ1v) is 7.10. The molecular weight excluding hydrogens is 246 g/mol. The van der Waals surface area contributed by atoms with Crippen molar-refractivity contribution in [2.75, 3.05) is 11.5 Å². The maximum Gasteiger partial charge on any atom is 0.233 e. The van der Waals surface area contributed by atoms with E-state index in [0.717, 1.165) is 30.7 Å². The van der Waals surface area contributed by atoms with Crippen molar-refractivity contribution in [3.05, 3.63) is 23.8 Å². The number of nitrogens with one attached hydrogen (secondary N) is 1. The summed E-state index contributed by atoms with van der Waals surface area (Å²) >= 11 is 1.84. The molecule has 5 N–H and O–H groups in total. The van der Waals surface area contributed by atoms with Gasteiger partial charge in [-0.25, -0.2) is 5.84 Å². The third-order valence-electron chi connectivity index (χ3n) is 2.67. The summed E-state index contributed by atoms with van der Waals surface area (Å²) in [5, 5.41) is 0. The number of nitrogen functional groups attached to an aromatic ring is 1. The average molecular weight is 267 g/mol. The van der Waals surface area contributed by atoms with E-state index in [9.17, 15) is 4.79 Å². The second-order valence-corrected chi connectivity index (χ2v) is 5.39. The molecule has 0 unspecified atom stereocenters. The molecule has 1 aromatic carbocycles. The van der Waals surface area contributed by atoms with Crippen LogP contribution in [0.4, 0.5) is 5.69 Å². The van der Waals surface area contributed by atoms with E-state index in [-0.39, 0.29) is 5.91 Å². The quantitative estimate of drug-likeness (QED) is 0.177. The first-order valence-electron chi connectivity index (χ1n) is 6.12. The second-order valence-electron chi connectivity index (χ2n) is 4.25. The van der Waals surface area contributed by atoms with Crippen LogP contribution in [0, 0.1) is 6.92 Å². The van der Waals surface area contributed by atoms with Crippen molar-refractivity contribution in [1.29, 1.82) is 0 Å². The Morgan fingerprint density at radius 3 is 2.78 bits per heavy atom. The van der Waals surface area contributed by atoms with Crippen molar-refractivity contribution in [3.8, 4) is 0 Å². The van der Waals surface area contributed by atoms with Crippen LogP contribution in [-0.2, 0) is 4.79 Å². The van der Waals surface area contributed by atoms with E-state index in [0.29, 0.717) is 6.42 Å². The van der Waals surface area contributed by atoms with Crippen LogP contribution in [0.1, 0.15) is 31.2 Å². The molecule has 4 nitrogen and oxygen atoms in total. The number of nitrogens with two attached hydrogens (primary N) is 2. The predicted molar refractivity (Wildman–Crippen MR) is 77.1 cm³/mol. The summed E-state index contributed by atoms with van der Waals surface area (Å²) in [6.45, 7) is 2.07. The highest BCUT2D eigenvalue weighted by Gasteiger charge is 2.01. The number of anilines is 1. The fourth-order valence-corrected chi connectivity index (χ4v) is 2.67. The summed E-state index contributed by atoms with van der Waals surface area (Å²) in [4.78, 5) is 12.2. The molecule has 0 heterocycles. The van der Waals surface area contributed by atoms with Crippen LogP contribution in [0.5, 0.6) is 0 Å². The van der Waals surface area contributed by atoms with E-state index in [1.165, 1.54) is 10.5 Å². The highest BCUT2D eigenvalue weighted by atomic mass is 32.2. The van der Waals surface area contributed by atoms with E-state index in [1.54, 1.807) is 0 Å². The highest BCUT2D eigenvalue weighted by Crippen LogP contribution is 2.25. The van der Waals surface area contributed by atoms with Crippen LogP contribution < -0.4 is 17.0 Å². The lowest BCUT2D eigenvalue weighted by atomic mass is 10.2. The van der Waals surface area contributed by atoms with Gasteiger partial charge in [-0.1, -0.05) is 6.42 Å². The summed E-state index contributed by atoms with van der Waals surface area (Å²) in [6.07, 6.45) is 3.56. The molecule has 0 atom stereocenters. The summed E-state index contributed by atoms with van der Waals surface area (Å²) in [5.74, 6) is 5.98. The van der Waals surface area contributed by atoms with Crippen molar-refractivity contribution >= 4 is 23.4 Å². The number of hydrazine groups is 1. The lowest BCUT2D eigenvalue weighted by Crippen LogP contribution is -2.29. The van der Waals surface area contributed by atoms with Gasteiger partial charge >= 0.3 is 0 Å². The Bertz CT molecular complexity index is 396. The van der Waals surface area contributed by atoms with Crippen LogP contribution in [-0.4, -0.2) is 11.7 Å². The summed E-state index contributed by atoms with van der Waals surface area (Å²) in [6, 6.07) is 5.99. The van der Waals surface area contributed by atoms with Crippen LogP contribution in [0.25, 0.3) is 0 Å². The number of unbranched alkanes of at least 4 members (excludes halogenated alkanes) is 2. The van der Waals surface area contributed by atoms with Gasteiger partial charge in [-0.2, -0.15) is 0 Å². The molecule has 0 radical (unpaired) electrons. The third-order valence-corrected chi connectivity index (χ3v) is 3.93. The summed E-state index contributed by atoms with van der Waals surface area (Å²) < 4.78 is 0. The Hall–Kier alpha value is -1.20. The third kappa shape index (κ3) is 5.42. The summed E-state index contributed by atoms with van der Waals surface area (Å²) in [5.41, 5.74) is 9.88. The van der Waals surface area contributed by atoms with Crippen molar-refractivity contribution in [1.82, 2.24) is 5.43 Å². The second kappa shape index (κ2) is 8.00. The monoisotopic (exact) mass is 267 g/mol. The molecular formula is C13H21N3OS. The number of aryl methyl sites for hydroxylation is 1. The lowest BCUT2D eigenvalue weighted by molar-refractivity contribution is -0.121. The molecule has 0 aliphatic heterocycles. The Morgan fingerprint density at radius 2 is 2.11 bits per heavy atom. The molecule has 0 spiro atoms. The maximum atomic E-state index is 10.9. The smallest absolute Gasteiger partial charge is 0.233 e. The summed E-state index contributed by atoms with van der Waals surface area (Å²) in [7, 11) is 0. The number of hydrogen-bond donors (Lipinski definition) is 3. The van der Waals surface area contributed by atoms with Crippen molar-refractivity contribution in [2.24, 2.45) is 5.84 Å². The minimum Gasteiger partial charge on any atom is -0.399 e. The molecule has 18 heavy (non-hydrogen) atoms. The van der Waals surface area contributed by atoms with Gasteiger partial charge in [0.1, 0.15) is 0 Å². The van der Waals surface area contributed by atoms with Gasteiger partial charge in [-0.15, -0.1) is 11.8 Å². The van der Waals surface area contributed by atoms with E-state index in [4.69, 9.17) is 11.6 Å². The first-order chi connectivity index (χ1) is 8.63. The van der Waals surface area contributed by atoms with E-state index in [1.807, 2.05) is 23.9 Å². The number of benzene rings is 1. The van der Waals surface area contributed by atoms with Crippen molar-refractivity contribution in [3.63, 3.8) is 0 Å². The Morgan fingerprint density at radius 1 is 1.33 bits per heavy atom. The van der Waals surface area contributed by atoms with Gasteiger partial charge in [0.2, 0.25) is 5.91 Å². The number of thioether (sulfide) groups is 1. The molecule has 0 saturated carbocycles. The number of carbonyl (C=O) groups excluding carboxylic acids is 1. The molecule has 0 aromatic heterocycles. The topological polar surface area (TPSA) is 81.1 Å². The van der Waals surface area contributed by atoms with Crippen LogP contribution in [0.15, 0.2) is 23.1 Å². The van der Waals surface area contributed by atoms with E-state index < -0.39 is 0 Å². The minimum absolute atomic E-state index is 0.0861. The molecule has 1 aromatic rings. The Labute approximate surface area is 112 Å². The first kappa shape index (κ1) is 14.9. The van der Waals surface area contributed by atoms with Gasteiger partial charge in [-0.05, 0) is 49.3 Å². The van der Waals surface area contributed by atoms with Crippen molar-refractivity contribution in [2.45, 2.75) is 37.5 Å². The number of hydrogen-bond acceptors (Lipinski definition) is 4. The van der Waals surface area contributed by atoms with Gasteiger partial charge in [0.25, 0.3) is 0 Å². The van der Waals surface area contributed by atoms with E-state index in [2.05, 4.69) is 18.4 Å². The lowest BCUT2D eigenvalue weighted by Gasteiger charge is -2.06. The number of amides is 1. The largest absolute Gasteiger partial charge is 0.399 e. The average Bonchev–Trinajstić information content (AvgIpc) is 2.35. The minimum atomic E-state index is -0.0861. The van der Waals surface area contributed by atoms with Crippen LogP contribution in [0.2, 0.25) is 0 Å². The predicted octanol–water partition coefficient (Wildman–Crippen LogP) is 2.22. The normalized spacial score (nSPS) is 10.3. The molecule has 100 valence electrons. The van der Waals surface area contributed by atoms with Gasteiger partial charge in [-0.3, -0.25) is 10.2 Å². The van der Waals surface area contributed by atoms with Gasteiger partial charge in [0.05, 0.1) is 0 Å². The van der Waals surface area contributed by atoms with Gasteiger partial charge in [0, 0.05) is 17.0 Å². The fraction of sp³-hybridized carbons (Fsp3) is 0.462. The van der Waals surface area contributed by atoms with Crippen molar-refractivity contribution < 1.29 is 4.79 Å². The zero-order valence-corrected chi connectivity index (χ0v) is 11.6. The zero-order chi connectivity index (χ0) is 13.4. The van der Waals surface area contributed by atoms with E-state index >= 15 is 0 Å². The number of carbonyl (C=O) groups is 1. The molecule has 0 aliphatic carbocycles. The molecule has 0 fully saturated rings.